The van der Waals surface area contributed by atoms with Gasteiger partial charge in [0.05, 0.1) is 11.0 Å². The fourth-order valence-electron chi connectivity index (χ4n) is 1.93. The summed E-state index contributed by atoms with van der Waals surface area (Å²) in [6, 6.07) is 14.0. The zero-order valence-corrected chi connectivity index (χ0v) is 9.91. The highest BCUT2D eigenvalue weighted by Crippen LogP contribution is 2.28. The summed E-state index contributed by atoms with van der Waals surface area (Å²) in [5, 5.41) is 18.7. The molecule has 0 radical (unpaired) electrons. The third kappa shape index (κ3) is 2.07. The summed E-state index contributed by atoms with van der Waals surface area (Å²) < 4.78 is 0. The molecule has 3 aromatic rings. The molecule has 5 nitrogen and oxygen atoms in total. The largest absolute Gasteiger partial charge is 0.508 e. The molecule has 1 aromatic heterocycles. The average Bonchev–Trinajstić information content (AvgIpc) is 2.46. The number of aromatic hydroxyl groups is 1. The lowest BCUT2D eigenvalue weighted by Gasteiger charge is -2.08. The fraction of sp³-hybridized carbons (Fsp3) is 0. The molecular weight excluding hydrogens is 242 g/mol. The minimum Gasteiger partial charge on any atom is -0.508 e. The Morgan fingerprint density at radius 3 is 2.32 bits per heavy atom. The number of phenols is 1. The van der Waals surface area contributed by atoms with Crippen molar-refractivity contribution in [3.8, 4) is 17.0 Å². The molecule has 1 heterocycles. The molecule has 3 N–H and O–H groups in total. The lowest BCUT2D eigenvalue weighted by atomic mass is 10.1. The molecule has 3 rings (SSSR count). The highest BCUT2D eigenvalue weighted by atomic mass is 16.5. The summed E-state index contributed by atoms with van der Waals surface area (Å²) in [5.41, 5.74) is 4.61. The van der Waals surface area contributed by atoms with Gasteiger partial charge in [0.15, 0.2) is 5.82 Å². The molecule has 0 spiro atoms. The van der Waals surface area contributed by atoms with Crippen molar-refractivity contribution in [2.24, 2.45) is 0 Å². The fourth-order valence-corrected chi connectivity index (χ4v) is 1.93. The summed E-state index contributed by atoms with van der Waals surface area (Å²) in [5.74, 6) is 0.389. The third-order valence-electron chi connectivity index (χ3n) is 2.80. The predicted molar refractivity (Wildman–Crippen MR) is 72.0 cm³/mol. The van der Waals surface area contributed by atoms with Crippen molar-refractivity contribution in [2.45, 2.75) is 0 Å². The number of fused-ring (bicyclic) bond motifs is 1. The molecule has 2 aromatic carbocycles. The molecule has 0 amide bonds. The van der Waals surface area contributed by atoms with Crippen LogP contribution in [-0.2, 0) is 0 Å². The molecule has 0 bridgehead atoms. The van der Waals surface area contributed by atoms with E-state index in [4.69, 9.17) is 0 Å². The Bertz CT molecular complexity index is 744. The summed E-state index contributed by atoms with van der Waals surface area (Å²) in [4.78, 5) is 8.76. The molecular formula is C14H11N3O2. The van der Waals surface area contributed by atoms with E-state index in [1.165, 1.54) is 0 Å². The van der Waals surface area contributed by atoms with Crippen LogP contribution in [0.1, 0.15) is 0 Å². The van der Waals surface area contributed by atoms with Gasteiger partial charge in [0, 0.05) is 5.56 Å². The van der Waals surface area contributed by atoms with Crippen molar-refractivity contribution >= 4 is 16.9 Å². The molecule has 0 aliphatic heterocycles. The van der Waals surface area contributed by atoms with Gasteiger partial charge in [-0.05, 0) is 24.3 Å². The Kier molecular flexibility index (Phi) is 2.74. The Morgan fingerprint density at radius 2 is 1.63 bits per heavy atom. The molecule has 0 fully saturated rings. The number of benzene rings is 2. The van der Waals surface area contributed by atoms with Gasteiger partial charge in [-0.3, -0.25) is 10.7 Å². The summed E-state index contributed by atoms with van der Waals surface area (Å²) >= 11 is 0. The topological polar surface area (TPSA) is 78.3 Å². The van der Waals surface area contributed by atoms with E-state index < -0.39 is 0 Å². The van der Waals surface area contributed by atoms with Crippen LogP contribution in [0.25, 0.3) is 22.3 Å². The molecule has 5 heteroatoms. The second-order valence-electron chi connectivity index (χ2n) is 4.07. The van der Waals surface area contributed by atoms with Gasteiger partial charge in [-0.25, -0.2) is 9.97 Å². The Labute approximate surface area is 109 Å². The second-order valence-corrected chi connectivity index (χ2v) is 4.07. The van der Waals surface area contributed by atoms with Crippen molar-refractivity contribution in [2.75, 3.05) is 5.48 Å². The first-order chi connectivity index (χ1) is 9.28. The van der Waals surface area contributed by atoms with Crippen LogP contribution in [0.2, 0.25) is 0 Å². The second kappa shape index (κ2) is 4.55. The van der Waals surface area contributed by atoms with Crippen LogP contribution >= 0.6 is 0 Å². The number of rotatable bonds is 2. The van der Waals surface area contributed by atoms with Gasteiger partial charge in [0.2, 0.25) is 0 Å². The van der Waals surface area contributed by atoms with Crippen LogP contribution in [0.15, 0.2) is 48.5 Å². The molecule has 94 valence electrons. The first-order valence-corrected chi connectivity index (χ1v) is 5.74. The van der Waals surface area contributed by atoms with Crippen LogP contribution in [0, 0.1) is 0 Å². The van der Waals surface area contributed by atoms with E-state index in [2.05, 4.69) is 15.4 Å². The molecule has 0 atom stereocenters. The SMILES string of the molecule is ONc1nc2ccccc2nc1-c1cccc(O)c1. The first kappa shape index (κ1) is 11.4. The Hall–Kier alpha value is -2.66. The normalized spacial score (nSPS) is 10.6. The van der Waals surface area contributed by atoms with Gasteiger partial charge < -0.3 is 5.11 Å². The quantitative estimate of drug-likeness (QED) is 0.612. The van der Waals surface area contributed by atoms with E-state index >= 15 is 0 Å². The molecule has 0 saturated heterocycles. The lowest BCUT2D eigenvalue weighted by molar-refractivity contribution is 0.386. The smallest absolute Gasteiger partial charge is 0.177 e. The predicted octanol–water partition coefficient (Wildman–Crippen LogP) is 2.80. The number of para-hydroxylation sites is 2. The van der Waals surface area contributed by atoms with E-state index in [0.717, 1.165) is 5.52 Å². The highest BCUT2D eigenvalue weighted by Gasteiger charge is 2.10. The molecule has 0 saturated carbocycles. The van der Waals surface area contributed by atoms with Crippen LogP contribution in [0.5, 0.6) is 5.75 Å². The minimum absolute atomic E-state index is 0.136. The van der Waals surface area contributed by atoms with Crippen molar-refractivity contribution in [1.29, 1.82) is 0 Å². The highest BCUT2D eigenvalue weighted by molar-refractivity contribution is 5.83. The summed E-state index contributed by atoms with van der Waals surface area (Å²) in [7, 11) is 0. The average molecular weight is 253 g/mol. The standard InChI is InChI=1S/C14H11N3O2/c18-10-5-3-4-9(8-10)13-14(17-19)16-12-7-2-1-6-11(12)15-13/h1-8,18-19H,(H,16,17). The van der Waals surface area contributed by atoms with Gasteiger partial charge in [-0.15, -0.1) is 0 Å². The molecule has 0 aliphatic rings. The van der Waals surface area contributed by atoms with E-state index in [1.54, 1.807) is 24.3 Å². The van der Waals surface area contributed by atoms with E-state index in [-0.39, 0.29) is 11.6 Å². The number of hydrogen-bond donors (Lipinski definition) is 3. The molecule has 0 aliphatic carbocycles. The number of hydrogen-bond acceptors (Lipinski definition) is 5. The Balaban J connectivity index is 2.27. The number of anilines is 1. The van der Waals surface area contributed by atoms with Crippen LogP contribution in [0.3, 0.4) is 0 Å². The van der Waals surface area contributed by atoms with Crippen LogP contribution in [-0.4, -0.2) is 20.3 Å². The zero-order valence-electron chi connectivity index (χ0n) is 9.91. The Morgan fingerprint density at radius 1 is 0.895 bits per heavy atom. The maximum Gasteiger partial charge on any atom is 0.177 e. The van der Waals surface area contributed by atoms with Crippen LogP contribution < -0.4 is 5.48 Å². The maximum absolute atomic E-state index is 9.52. The zero-order chi connectivity index (χ0) is 13.2. The number of aromatic nitrogens is 2. The number of nitrogens with zero attached hydrogens (tertiary/aromatic N) is 2. The van der Waals surface area contributed by atoms with Gasteiger partial charge in [0.1, 0.15) is 11.4 Å². The molecule has 19 heavy (non-hydrogen) atoms. The van der Waals surface area contributed by atoms with Gasteiger partial charge >= 0.3 is 0 Å². The monoisotopic (exact) mass is 253 g/mol. The molecule has 0 unspecified atom stereocenters. The third-order valence-corrected chi connectivity index (χ3v) is 2.80. The van der Waals surface area contributed by atoms with Crippen molar-refractivity contribution in [3.05, 3.63) is 48.5 Å². The number of phenolic OH excluding ortho intramolecular Hbond substituents is 1. The minimum atomic E-state index is 0.136. The van der Waals surface area contributed by atoms with Gasteiger partial charge in [-0.1, -0.05) is 24.3 Å². The van der Waals surface area contributed by atoms with Crippen molar-refractivity contribution in [1.82, 2.24) is 9.97 Å². The van der Waals surface area contributed by atoms with Gasteiger partial charge in [-0.2, -0.15) is 0 Å². The van der Waals surface area contributed by atoms with Crippen LogP contribution in [0.4, 0.5) is 5.82 Å². The maximum atomic E-state index is 9.52. The van der Waals surface area contributed by atoms with Crippen molar-refractivity contribution < 1.29 is 10.3 Å². The van der Waals surface area contributed by atoms with E-state index in [1.807, 2.05) is 24.3 Å². The van der Waals surface area contributed by atoms with Crippen molar-refractivity contribution in [3.63, 3.8) is 0 Å². The summed E-state index contributed by atoms with van der Waals surface area (Å²) in [6.07, 6.45) is 0. The van der Waals surface area contributed by atoms with E-state index in [0.29, 0.717) is 16.8 Å². The number of nitrogens with one attached hydrogen (secondary N) is 1. The van der Waals surface area contributed by atoms with Gasteiger partial charge in [0.25, 0.3) is 0 Å². The first-order valence-electron chi connectivity index (χ1n) is 5.74. The summed E-state index contributed by atoms with van der Waals surface area (Å²) in [6.45, 7) is 0. The van der Waals surface area contributed by atoms with E-state index in [9.17, 15) is 10.3 Å². The lowest BCUT2D eigenvalue weighted by Crippen LogP contribution is -1.99.